The molecular weight excluding hydrogens is 144 g/mol. The van der Waals surface area contributed by atoms with E-state index < -0.39 is 0 Å². The molecule has 0 aliphatic carbocycles. The van der Waals surface area contributed by atoms with Gasteiger partial charge in [0, 0.05) is 0 Å². The lowest BCUT2D eigenvalue weighted by atomic mass is 10.2. The summed E-state index contributed by atoms with van der Waals surface area (Å²) in [6.07, 6.45) is 2.57. The summed E-state index contributed by atoms with van der Waals surface area (Å²) in [5.74, 6) is -0.333. The Morgan fingerprint density at radius 3 is 2.73 bits per heavy atom. The third kappa shape index (κ3) is 1.28. The lowest BCUT2D eigenvalue weighted by Crippen LogP contribution is -2.50. The fraction of sp³-hybridized carbons (Fsp3) is 1.00. The monoisotopic (exact) mass is 158 g/mol. The standard InChI is InChI=1S/C8H14O3/c1-2-3-7-4-10-8(11-7)5-9-6-8/h7H,2-6H2,1H3. The molecule has 1 atom stereocenters. The van der Waals surface area contributed by atoms with Crippen molar-refractivity contribution in [1.29, 1.82) is 0 Å². The molecule has 2 saturated heterocycles. The third-order valence-electron chi connectivity index (χ3n) is 2.17. The first-order chi connectivity index (χ1) is 5.35. The van der Waals surface area contributed by atoms with Crippen molar-refractivity contribution in [3.8, 4) is 0 Å². The van der Waals surface area contributed by atoms with Crippen molar-refractivity contribution in [2.75, 3.05) is 19.8 Å². The third-order valence-corrected chi connectivity index (χ3v) is 2.17. The van der Waals surface area contributed by atoms with Gasteiger partial charge in [0.25, 0.3) is 0 Å². The highest BCUT2D eigenvalue weighted by Crippen LogP contribution is 2.32. The van der Waals surface area contributed by atoms with Gasteiger partial charge >= 0.3 is 0 Å². The van der Waals surface area contributed by atoms with Crippen LogP contribution in [0.4, 0.5) is 0 Å². The van der Waals surface area contributed by atoms with Gasteiger partial charge in [-0.1, -0.05) is 13.3 Å². The summed E-state index contributed by atoms with van der Waals surface area (Å²) in [6, 6.07) is 0. The molecule has 0 radical (unpaired) electrons. The van der Waals surface area contributed by atoms with E-state index in [1.807, 2.05) is 0 Å². The quantitative estimate of drug-likeness (QED) is 0.598. The van der Waals surface area contributed by atoms with Gasteiger partial charge in [0.2, 0.25) is 5.79 Å². The molecule has 3 heteroatoms. The highest BCUT2D eigenvalue weighted by Gasteiger charge is 2.47. The van der Waals surface area contributed by atoms with Gasteiger partial charge < -0.3 is 14.2 Å². The van der Waals surface area contributed by atoms with Crippen molar-refractivity contribution >= 4 is 0 Å². The lowest BCUT2D eigenvalue weighted by molar-refractivity contribution is -0.298. The van der Waals surface area contributed by atoms with E-state index in [4.69, 9.17) is 14.2 Å². The Bertz CT molecular complexity index is 142. The number of ether oxygens (including phenoxy) is 3. The van der Waals surface area contributed by atoms with E-state index in [9.17, 15) is 0 Å². The van der Waals surface area contributed by atoms with E-state index in [-0.39, 0.29) is 5.79 Å². The van der Waals surface area contributed by atoms with Crippen molar-refractivity contribution in [3.63, 3.8) is 0 Å². The summed E-state index contributed by atoms with van der Waals surface area (Å²) in [7, 11) is 0. The molecular formula is C8H14O3. The molecule has 2 fully saturated rings. The summed E-state index contributed by atoms with van der Waals surface area (Å²) in [5.41, 5.74) is 0. The molecule has 0 amide bonds. The predicted octanol–water partition coefficient (Wildman–Crippen LogP) is 0.928. The van der Waals surface area contributed by atoms with Crippen LogP contribution >= 0.6 is 0 Å². The number of hydrogen-bond donors (Lipinski definition) is 0. The fourth-order valence-electron chi connectivity index (χ4n) is 1.50. The Morgan fingerprint density at radius 2 is 2.27 bits per heavy atom. The summed E-state index contributed by atoms with van der Waals surface area (Å²) < 4.78 is 16.2. The first-order valence-corrected chi connectivity index (χ1v) is 4.24. The van der Waals surface area contributed by atoms with Gasteiger partial charge in [0.15, 0.2) is 0 Å². The summed E-state index contributed by atoms with van der Waals surface area (Å²) in [6.45, 7) is 4.14. The van der Waals surface area contributed by atoms with E-state index in [1.54, 1.807) is 0 Å². The molecule has 2 aliphatic heterocycles. The van der Waals surface area contributed by atoms with Gasteiger partial charge in [0.1, 0.15) is 13.2 Å². The van der Waals surface area contributed by atoms with Crippen LogP contribution in [0.1, 0.15) is 19.8 Å². The second kappa shape index (κ2) is 2.73. The summed E-state index contributed by atoms with van der Waals surface area (Å²) in [5, 5.41) is 0. The van der Waals surface area contributed by atoms with Gasteiger partial charge in [-0.2, -0.15) is 0 Å². The second-order valence-electron chi connectivity index (χ2n) is 3.24. The topological polar surface area (TPSA) is 27.7 Å². The minimum absolute atomic E-state index is 0.309. The number of hydrogen-bond acceptors (Lipinski definition) is 3. The molecule has 0 aromatic rings. The Kier molecular flexibility index (Phi) is 1.87. The Morgan fingerprint density at radius 1 is 1.45 bits per heavy atom. The van der Waals surface area contributed by atoms with Crippen LogP contribution in [0.25, 0.3) is 0 Å². The molecule has 0 bridgehead atoms. The molecule has 2 rings (SSSR count). The first kappa shape index (κ1) is 7.53. The average molecular weight is 158 g/mol. The zero-order valence-corrected chi connectivity index (χ0v) is 6.84. The minimum Gasteiger partial charge on any atom is -0.370 e. The van der Waals surface area contributed by atoms with Crippen LogP contribution in [0.2, 0.25) is 0 Å². The maximum Gasteiger partial charge on any atom is 0.216 e. The van der Waals surface area contributed by atoms with E-state index in [1.165, 1.54) is 0 Å². The molecule has 0 aromatic carbocycles. The van der Waals surface area contributed by atoms with Gasteiger partial charge in [-0.05, 0) is 6.42 Å². The maximum absolute atomic E-state index is 5.68. The minimum atomic E-state index is -0.333. The van der Waals surface area contributed by atoms with Gasteiger partial charge in [-0.25, -0.2) is 0 Å². The molecule has 11 heavy (non-hydrogen) atoms. The van der Waals surface area contributed by atoms with Crippen LogP contribution in [-0.2, 0) is 14.2 Å². The largest absolute Gasteiger partial charge is 0.370 e. The molecule has 0 saturated carbocycles. The van der Waals surface area contributed by atoms with Gasteiger partial charge in [-0.15, -0.1) is 0 Å². The lowest BCUT2D eigenvalue weighted by Gasteiger charge is -2.35. The molecule has 0 N–H and O–H groups in total. The number of rotatable bonds is 2. The molecule has 3 nitrogen and oxygen atoms in total. The summed E-state index contributed by atoms with van der Waals surface area (Å²) >= 11 is 0. The van der Waals surface area contributed by atoms with E-state index in [0.29, 0.717) is 19.3 Å². The molecule has 1 unspecified atom stereocenters. The van der Waals surface area contributed by atoms with E-state index >= 15 is 0 Å². The molecule has 0 aromatic heterocycles. The predicted molar refractivity (Wildman–Crippen MR) is 39.3 cm³/mol. The molecule has 1 spiro atoms. The second-order valence-corrected chi connectivity index (χ2v) is 3.24. The van der Waals surface area contributed by atoms with E-state index in [2.05, 4.69) is 6.92 Å². The summed E-state index contributed by atoms with van der Waals surface area (Å²) in [4.78, 5) is 0. The Balaban J connectivity index is 1.83. The van der Waals surface area contributed by atoms with E-state index in [0.717, 1.165) is 19.4 Å². The fourth-order valence-corrected chi connectivity index (χ4v) is 1.50. The normalized spacial score (nSPS) is 34.1. The highest BCUT2D eigenvalue weighted by atomic mass is 16.8. The maximum atomic E-state index is 5.68. The van der Waals surface area contributed by atoms with Crippen molar-refractivity contribution in [1.82, 2.24) is 0 Å². The molecule has 2 heterocycles. The van der Waals surface area contributed by atoms with Crippen molar-refractivity contribution < 1.29 is 14.2 Å². The highest BCUT2D eigenvalue weighted by molar-refractivity contribution is 4.84. The smallest absolute Gasteiger partial charge is 0.216 e. The molecule has 64 valence electrons. The van der Waals surface area contributed by atoms with Crippen molar-refractivity contribution in [2.24, 2.45) is 0 Å². The van der Waals surface area contributed by atoms with Crippen LogP contribution in [0, 0.1) is 0 Å². The zero-order chi connectivity index (χ0) is 7.73. The molecule has 2 aliphatic rings. The van der Waals surface area contributed by atoms with Crippen LogP contribution in [-0.4, -0.2) is 31.7 Å². The van der Waals surface area contributed by atoms with Crippen LogP contribution in [0.5, 0.6) is 0 Å². The van der Waals surface area contributed by atoms with Crippen LogP contribution < -0.4 is 0 Å². The Labute approximate surface area is 66.6 Å². The van der Waals surface area contributed by atoms with Crippen LogP contribution in [0.15, 0.2) is 0 Å². The Hall–Kier alpha value is -0.120. The zero-order valence-electron chi connectivity index (χ0n) is 6.84. The van der Waals surface area contributed by atoms with Crippen molar-refractivity contribution in [2.45, 2.75) is 31.7 Å². The van der Waals surface area contributed by atoms with Gasteiger partial charge in [0.05, 0.1) is 12.7 Å². The van der Waals surface area contributed by atoms with Gasteiger partial charge in [-0.3, -0.25) is 0 Å². The average Bonchev–Trinajstić information content (AvgIpc) is 2.32. The first-order valence-electron chi connectivity index (χ1n) is 4.24. The van der Waals surface area contributed by atoms with Crippen molar-refractivity contribution in [3.05, 3.63) is 0 Å². The SMILES string of the molecule is CCCC1COC2(COC2)O1. The van der Waals surface area contributed by atoms with Crippen LogP contribution in [0.3, 0.4) is 0 Å².